The van der Waals surface area contributed by atoms with Gasteiger partial charge in [0.2, 0.25) is 5.91 Å². The Morgan fingerprint density at radius 1 is 1.14 bits per heavy atom. The number of nitrogens with zero attached hydrogens (tertiary/aromatic N) is 2. The van der Waals surface area contributed by atoms with E-state index in [-0.39, 0.29) is 27.8 Å². The van der Waals surface area contributed by atoms with Gasteiger partial charge in [-0.2, -0.15) is 13.2 Å². The molecular formula is C27H29F3N4O6S2. The summed E-state index contributed by atoms with van der Waals surface area (Å²) in [6.45, 7) is 2.44. The largest absolute Gasteiger partial charge is 0.495 e. The number of benzene rings is 1. The highest BCUT2D eigenvalue weighted by atomic mass is 32.2. The predicted molar refractivity (Wildman–Crippen MR) is 150 cm³/mol. The number of carbonyl (C=O) groups excluding carboxylic acids is 2. The fraction of sp³-hybridized carbons (Fsp3) is 0.407. The molecular weight excluding hydrogens is 597 g/mol. The molecule has 0 bridgehead atoms. The Kier molecular flexibility index (Phi) is 9.40. The number of rotatable bonds is 10. The average molecular weight is 627 g/mol. The minimum absolute atomic E-state index is 0.00336. The van der Waals surface area contributed by atoms with Crippen molar-refractivity contribution in [3.05, 3.63) is 47.4 Å². The number of nitrogens with one attached hydrogen (secondary N) is 2. The molecule has 3 aromatic rings. The monoisotopic (exact) mass is 626 g/mol. The first-order chi connectivity index (χ1) is 19.8. The van der Waals surface area contributed by atoms with Crippen LogP contribution in [-0.2, 0) is 31.0 Å². The Balaban J connectivity index is 1.59. The zero-order chi connectivity index (χ0) is 30.7. The Morgan fingerprint density at radius 2 is 1.86 bits per heavy atom. The minimum Gasteiger partial charge on any atom is -0.495 e. The van der Waals surface area contributed by atoms with Crippen molar-refractivity contribution in [3.8, 4) is 16.2 Å². The smallest absolute Gasteiger partial charge is 0.490 e. The molecule has 42 heavy (non-hydrogen) atoms. The number of hydrogen-bond acceptors (Lipinski definition) is 9. The molecule has 2 N–H and O–H groups in total. The lowest BCUT2D eigenvalue weighted by Crippen LogP contribution is -2.25. The third-order valence-corrected chi connectivity index (χ3v) is 9.18. The number of alkyl halides is 3. The van der Waals surface area contributed by atoms with Gasteiger partial charge in [0, 0.05) is 17.7 Å². The predicted octanol–water partition coefficient (Wildman–Crippen LogP) is 5.76. The summed E-state index contributed by atoms with van der Waals surface area (Å²) in [5.74, 6) is -2.15. The molecule has 1 saturated carbocycles. The van der Waals surface area contributed by atoms with Gasteiger partial charge in [0.05, 0.1) is 29.6 Å². The topological polar surface area (TPSA) is 137 Å². The molecule has 0 radical (unpaired) electrons. The second-order valence-corrected chi connectivity index (χ2v) is 12.5. The van der Waals surface area contributed by atoms with E-state index in [9.17, 15) is 31.2 Å². The van der Waals surface area contributed by atoms with Gasteiger partial charge in [0.25, 0.3) is 10.0 Å². The summed E-state index contributed by atoms with van der Waals surface area (Å²) in [6, 6.07) is 5.79. The fourth-order valence-electron chi connectivity index (χ4n) is 4.65. The summed E-state index contributed by atoms with van der Waals surface area (Å²) in [5.41, 5.74) is 1.22. The van der Waals surface area contributed by atoms with E-state index < -0.39 is 28.8 Å². The van der Waals surface area contributed by atoms with E-state index in [0.717, 1.165) is 31.9 Å². The van der Waals surface area contributed by atoms with Crippen molar-refractivity contribution in [2.45, 2.75) is 63.6 Å². The molecule has 1 fully saturated rings. The van der Waals surface area contributed by atoms with Crippen molar-refractivity contribution in [2.75, 3.05) is 17.1 Å². The molecule has 226 valence electrons. The number of thiazole rings is 1. The molecule has 4 rings (SSSR count). The van der Waals surface area contributed by atoms with E-state index >= 15 is 0 Å². The highest BCUT2D eigenvalue weighted by Crippen LogP contribution is 2.37. The lowest BCUT2D eigenvalue weighted by atomic mass is 10.0. The number of amides is 1. The van der Waals surface area contributed by atoms with Gasteiger partial charge >= 0.3 is 12.1 Å². The molecule has 1 aliphatic rings. The van der Waals surface area contributed by atoms with Crippen molar-refractivity contribution in [2.24, 2.45) is 5.92 Å². The van der Waals surface area contributed by atoms with Crippen molar-refractivity contribution in [1.82, 2.24) is 9.97 Å². The quantitative estimate of drug-likeness (QED) is 0.271. The van der Waals surface area contributed by atoms with Gasteiger partial charge < -0.3 is 14.8 Å². The molecule has 1 aliphatic carbocycles. The van der Waals surface area contributed by atoms with Gasteiger partial charge in [0.15, 0.2) is 5.13 Å². The number of sulfonamides is 1. The van der Waals surface area contributed by atoms with Crippen LogP contribution in [0.25, 0.3) is 10.4 Å². The number of pyridine rings is 1. The lowest BCUT2D eigenvalue weighted by Gasteiger charge is -2.16. The van der Waals surface area contributed by atoms with Gasteiger partial charge in [0.1, 0.15) is 17.3 Å². The second kappa shape index (κ2) is 12.7. The third kappa shape index (κ3) is 7.56. The molecule has 0 atom stereocenters. The Hall–Kier alpha value is -3.72. The minimum atomic E-state index is -5.21. The van der Waals surface area contributed by atoms with Crippen LogP contribution in [0.2, 0.25) is 0 Å². The van der Waals surface area contributed by atoms with E-state index in [1.165, 1.54) is 36.6 Å². The van der Waals surface area contributed by atoms with Crippen LogP contribution < -0.4 is 14.8 Å². The molecule has 2 aromatic heterocycles. The molecule has 10 nitrogen and oxygen atoms in total. The summed E-state index contributed by atoms with van der Waals surface area (Å²) in [5, 5.41) is 3.24. The highest BCUT2D eigenvalue weighted by molar-refractivity contribution is 7.92. The average Bonchev–Trinajstić information content (AvgIpc) is 3.56. The number of ether oxygens (including phenoxy) is 2. The van der Waals surface area contributed by atoms with Gasteiger partial charge in [-0.05, 0) is 62.4 Å². The van der Waals surface area contributed by atoms with Gasteiger partial charge in [-0.15, -0.1) is 0 Å². The van der Waals surface area contributed by atoms with Crippen LogP contribution in [0.15, 0.2) is 35.4 Å². The van der Waals surface area contributed by atoms with Crippen molar-refractivity contribution >= 4 is 44.1 Å². The van der Waals surface area contributed by atoms with Crippen LogP contribution in [0.5, 0.6) is 5.75 Å². The molecule has 0 unspecified atom stereocenters. The van der Waals surface area contributed by atoms with Crippen LogP contribution in [0.4, 0.5) is 24.0 Å². The molecule has 15 heteroatoms. The second-order valence-electron chi connectivity index (χ2n) is 9.86. The number of anilines is 2. The van der Waals surface area contributed by atoms with Crippen molar-refractivity contribution < 1.29 is 40.7 Å². The molecule has 0 spiro atoms. The zero-order valence-corrected chi connectivity index (χ0v) is 24.6. The number of methoxy groups -OCH3 is 1. The summed E-state index contributed by atoms with van der Waals surface area (Å²) >= 11 is 1.20. The summed E-state index contributed by atoms with van der Waals surface area (Å²) in [4.78, 5) is 32.5. The number of esters is 1. The van der Waals surface area contributed by atoms with Gasteiger partial charge in [-0.1, -0.05) is 24.2 Å². The maximum atomic E-state index is 13.5. The van der Waals surface area contributed by atoms with Crippen LogP contribution >= 0.6 is 11.3 Å². The number of aromatic nitrogens is 2. The fourth-order valence-corrected chi connectivity index (χ4v) is 6.91. The first-order valence-corrected chi connectivity index (χ1v) is 15.2. The molecule has 1 aromatic carbocycles. The van der Waals surface area contributed by atoms with Crippen LogP contribution in [0, 0.1) is 19.8 Å². The molecule has 0 saturated heterocycles. The van der Waals surface area contributed by atoms with E-state index in [1.807, 2.05) is 0 Å². The summed E-state index contributed by atoms with van der Waals surface area (Å²) in [6.07, 6.45) is 0.663. The Bertz CT molecular complexity index is 1580. The number of hydrogen-bond donors (Lipinski definition) is 2. The van der Waals surface area contributed by atoms with Crippen LogP contribution in [0.1, 0.15) is 49.1 Å². The van der Waals surface area contributed by atoms with E-state index in [0.29, 0.717) is 39.3 Å². The van der Waals surface area contributed by atoms with E-state index in [1.54, 1.807) is 19.9 Å². The zero-order valence-electron chi connectivity index (χ0n) is 23.0. The SMILES string of the molecule is COc1ccc(-c2sc(NC(=O)CC3CCCC3)nc2C)cc1S(=O)(=O)Nc1cnc(C)cc1COC(=O)C(F)(F)F. The first-order valence-electron chi connectivity index (χ1n) is 12.9. The van der Waals surface area contributed by atoms with Crippen molar-refractivity contribution in [1.29, 1.82) is 0 Å². The standard InChI is InChI=1S/C27H29F3N4O6S2/c1-15-10-19(14-40-25(36)27(28,29)30)20(13-31-15)34-42(37,38)22-12-18(8-9-21(22)39-3)24-16(2)32-26(41-24)33-23(35)11-17-6-4-5-7-17/h8-10,12-13,17,34H,4-7,11,14H2,1-3H3,(H,32,33,35). The molecule has 2 heterocycles. The van der Waals surface area contributed by atoms with Crippen LogP contribution in [-0.4, -0.2) is 43.5 Å². The third-order valence-electron chi connectivity index (χ3n) is 6.67. The number of halogens is 3. The van der Waals surface area contributed by atoms with E-state index in [4.69, 9.17) is 4.74 Å². The molecule has 1 amide bonds. The normalized spacial score (nSPS) is 14.0. The number of carbonyl (C=O) groups is 2. The highest BCUT2D eigenvalue weighted by Gasteiger charge is 2.41. The van der Waals surface area contributed by atoms with Gasteiger partial charge in [-0.25, -0.2) is 18.2 Å². The summed E-state index contributed by atoms with van der Waals surface area (Å²) < 4.78 is 76.8. The summed E-state index contributed by atoms with van der Waals surface area (Å²) in [7, 11) is -3.10. The van der Waals surface area contributed by atoms with Crippen molar-refractivity contribution in [3.63, 3.8) is 0 Å². The first kappa shape index (κ1) is 31.2. The maximum Gasteiger partial charge on any atom is 0.490 e. The maximum absolute atomic E-state index is 13.5. The Labute approximate surface area is 244 Å². The van der Waals surface area contributed by atoms with E-state index in [2.05, 4.69) is 24.7 Å². The lowest BCUT2D eigenvalue weighted by molar-refractivity contribution is -0.201. The van der Waals surface area contributed by atoms with Crippen LogP contribution in [0.3, 0.4) is 0 Å². The molecule has 0 aliphatic heterocycles. The number of aryl methyl sites for hydroxylation is 2. The van der Waals surface area contributed by atoms with Gasteiger partial charge in [-0.3, -0.25) is 14.5 Å². The Morgan fingerprint density at radius 3 is 2.52 bits per heavy atom.